The number of fused-ring (bicyclic) bond motifs is 8. The Bertz CT molecular complexity index is 2760. The summed E-state index contributed by atoms with van der Waals surface area (Å²) in [6, 6.07) is 42.6. The summed E-state index contributed by atoms with van der Waals surface area (Å²) in [4.78, 5) is 9.95. The highest BCUT2D eigenvalue weighted by molar-refractivity contribution is 6.09. The molecule has 0 unspecified atom stereocenters. The Balaban J connectivity index is 1.19. The number of rotatable bonds is 4. The molecule has 0 radical (unpaired) electrons. The van der Waals surface area contributed by atoms with Crippen LogP contribution in [0.25, 0.3) is 61.2 Å². The maximum atomic E-state index is 6.68. The summed E-state index contributed by atoms with van der Waals surface area (Å²) in [5.74, 6) is 3.28. The first-order valence-corrected chi connectivity index (χ1v) is 17.3. The maximum Gasteiger partial charge on any atom is 0.220 e. The zero-order chi connectivity index (χ0) is 34.4. The van der Waals surface area contributed by atoms with Gasteiger partial charge in [-0.2, -0.15) is 0 Å². The highest BCUT2D eigenvalue weighted by Crippen LogP contribution is 2.38. The van der Waals surface area contributed by atoms with Gasteiger partial charge in [-0.3, -0.25) is 13.5 Å². The van der Waals surface area contributed by atoms with Gasteiger partial charge in [0.15, 0.2) is 0 Å². The van der Waals surface area contributed by atoms with Gasteiger partial charge in [-0.15, -0.1) is 0 Å². The second-order valence-electron chi connectivity index (χ2n) is 15.3. The van der Waals surface area contributed by atoms with Gasteiger partial charge in [0.1, 0.15) is 17.3 Å². The minimum absolute atomic E-state index is 0.00508. The van der Waals surface area contributed by atoms with Crippen LogP contribution in [0.1, 0.15) is 52.7 Å². The molecule has 6 heteroatoms. The summed E-state index contributed by atoms with van der Waals surface area (Å²) in [5.41, 5.74) is 9.98. The Kier molecular flexibility index (Phi) is 6.53. The number of benzene rings is 5. The third-order valence-electron chi connectivity index (χ3n) is 9.86. The van der Waals surface area contributed by atoms with Crippen molar-refractivity contribution >= 4 is 49.7 Å². The van der Waals surface area contributed by atoms with Crippen molar-refractivity contribution in [1.82, 2.24) is 23.5 Å². The molecule has 50 heavy (non-hydrogen) atoms. The van der Waals surface area contributed by atoms with Crippen LogP contribution in [0.5, 0.6) is 11.5 Å². The fraction of sp³-hybridized carbons (Fsp3) is 0.182. The SMILES string of the molecule is CC(C)(C)c1ccnc(-n2c3ccc(C(C)(C)C)cc3c3ccc(Oc4cccc(-n5c6ccccc6n6c7ccccc7nc56)c4)cc32)c1. The molecule has 0 saturated carbocycles. The van der Waals surface area contributed by atoms with Crippen molar-refractivity contribution in [3.05, 3.63) is 139 Å². The van der Waals surface area contributed by atoms with Crippen molar-refractivity contribution in [3.63, 3.8) is 0 Å². The molecule has 0 bridgehead atoms. The first-order valence-electron chi connectivity index (χ1n) is 17.3. The first kappa shape index (κ1) is 30.2. The van der Waals surface area contributed by atoms with E-state index in [9.17, 15) is 0 Å². The topological polar surface area (TPSA) is 49.3 Å². The summed E-state index contributed by atoms with van der Waals surface area (Å²) >= 11 is 0. The van der Waals surface area contributed by atoms with Crippen molar-refractivity contribution in [2.75, 3.05) is 0 Å². The van der Waals surface area contributed by atoms with E-state index in [2.05, 4.69) is 158 Å². The van der Waals surface area contributed by atoms with E-state index >= 15 is 0 Å². The Hall–Kier alpha value is -5.88. The van der Waals surface area contributed by atoms with Crippen molar-refractivity contribution in [2.45, 2.75) is 52.4 Å². The van der Waals surface area contributed by atoms with Gasteiger partial charge in [-0.1, -0.05) is 77.9 Å². The number of pyridine rings is 1. The molecule has 0 fully saturated rings. The van der Waals surface area contributed by atoms with Crippen LogP contribution in [0.3, 0.4) is 0 Å². The molecule has 246 valence electrons. The molecular formula is C44H39N5O. The van der Waals surface area contributed by atoms with E-state index in [-0.39, 0.29) is 10.8 Å². The van der Waals surface area contributed by atoms with E-state index in [1.54, 1.807) is 0 Å². The van der Waals surface area contributed by atoms with E-state index in [1.165, 1.54) is 21.9 Å². The van der Waals surface area contributed by atoms with Gasteiger partial charge < -0.3 is 4.74 Å². The van der Waals surface area contributed by atoms with Gasteiger partial charge in [-0.25, -0.2) is 9.97 Å². The molecule has 0 atom stereocenters. The third-order valence-corrected chi connectivity index (χ3v) is 9.86. The predicted molar refractivity (Wildman–Crippen MR) is 206 cm³/mol. The summed E-state index contributed by atoms with van der Waals surface area (Å²) in [6.07, 6.45) is 1.92. The van der Waals surface area contributed by atoms with Crippen LogP contribution in [-0.4, -0.2) is 23.5 Å². The van der Waals surface area contributed by atoms with Crippen LogP contribution in [-0.2, 0) is 10.8 Å². The number of nitrogens with zero attached hydrogens (tertiary/aromatic N) is 5. The molecular weight excluding hydrogens is 615 g/mol. The Morgan fingerprint density at radius 2 is 1.24 bits per heavy atom. The van der Waals surface area contributed by atoms with Gasteiger partial charge in [0, 0.05) is 29.1 Å². The van der Waals surface area contributed by atoms with E-state index in [0.29, 0.717) is 0 Å². The fourth-order valence-corrected chi connectivity index (χ4v) is 7.21. The lowest BCUT2D eigenvalue weighted by Gasteiger charge is -2.20. The standard InChI is InChI=1S/C44H39N5O/c1-43(2,3)28-18-21-36-34(24-28)33-20-19-32(27-40(33)48(36)41-25-29(22-23-45-41)44(4,5)6)50-31-13-11-12-30(26-31)47-38-16-9-10-17-39(38)49-37-15-8-7-14-35(37)46-42(47)49/h7-27H,1-6H3. The highest BCUT2D eigenvalue weighted by atomic mass is 16.5. The number of ether oxygens (including phenoxy) is 1. The molecule has 6 nitrogen and oxygen atoms in total. The number of imidazole rings is 2. The monoisotopic (exact) mass is 653 g/mol. The van der Waals surface area contributed by atoms with Gasteiger partial charge in [-0.05, 0) is 94.8 Å². The molecule has 4 aromatic heterocycles. The lowest BCUT2D eigenvalue weighted by molar-refractivity contribution is 0.483. The van der Waals surface area contributed by atoms with Crippen molar-refractivity contribution in [1.29, 1.82) is 0 Å². The van der Waals surface area contributed by atoms with E-state index < -0.39 is 0 Å². The molecule has 4 heterocycles. The van der Waals surface area contributed by atoms with E-state index in [4.69, 9.17) is 14.7 Å². The summed E-state index contributed by atoms with van der Waals surface area (Å²) in [6.45, 7) is 13.5. The Labute approximate surface area is 291 Å². The number of aromatic nitrogens is 5. The van der Waals surface area contributed by atoms with Gasteiger partial charge in [0.25, 0.3) is 0 Å². The van der Waals surface area contributed by atoms with E-state index in [1.807, 2.05) is 24.4 Å². The van der Waals surface area contributed by atoms with Crippen LogP contribution in [0.15, 0.2) is 128 Å². The molecule has 0 spiro atoms. The molecule has 0 aliphatic rings. The summed E-state index contributed by atoms with van der Waals surface area (Å²) in [5, 5.41) is 2.38. The lowest BCUT2D eigenvalue weighted by atomic mass is 9.86. The van der Waals surface area contributed by atoms with Crippen LogP contribution in [0.4, 0.5) is 0 Å². The molecule has 5 aromatic carbocycles. The van der Waals surface area contributed by atoms with Crippen LogP contribution in [0.2, 0.25) is 0 Å². The predicted octanol–water partition coefficient (Wildman–Crippen LogP) is 11.3. The second kappa shape index (κ2) is 10.8. The normalized spacial score (nSPS) is 12.6. The minimum Gasteiger partial charge on any atom is -0.457 e. The van der Waals surface area contributed by atoms with E-state index in [0.717, 1.165) is 61.9 Å². The number of hydrogen-bond donors (Lipinski definition) is 0. The molecule has 0 amide bonds. The molecule has 0 N–H and O–H groups in total. The Morgan fingerprint density at radius 3 is 2.04 bits per heavy atom. The second-order valence-corrected chi connectivity index (χ2v) is 15.3. The molecule has 9 aromatic rings. The van der Waals surface area contributed by atoms with Crippen molar-refractivity contribution in [3.8, 4) is 23.0 Å². The zero-order valence-electron chi connectivity index (χ0n) is 29.3. The molecule has 0 saturated heterocycles. The first-order chi connectivity index (χ1) is 24.0. The van der Waals surface area contributed by atoms with Crippen LogP contribution in [0, 0.1) is 0 Å². The highest BCUT2D eigenvalue weighted by Gasteiger charge is 2.21. The fourth-order valence-electron chi connectivity index (χ4n) is 7.21. The Morgan fingerprint density at radius 1 is 0.520 bits per heavy atom. The van der Waals surface area contributed by atoms with Gasteiger partial charge in [0.05, 0.1) is 38.8 Å². The van der Waals surface area contributed by atoms with Crippen LogP contribution < -0.4 is 4.74 Å². The van der Waals surface area contributed by atoms with Gasteiger partial charge >= 0.3 is 0 Å². The number of hydrogen-bond acceptors (Lipinski definition) is 3. The third kappa shape index (κ3) is 4.78. The molecule has 0 aliphatic carbocycles. The maximum absolute atomic E-state index is 6.68. The average Bonchev–Trinajstić information content (AvgIpc) is 3.74. The summed E-state index contributed by atoms with van der Waals surface area (Å²) in [7, 11) is 0. The minimum atomic E-state index is -0.00508. The average molecular weight is 654 g/mol. The number of para-hydroxylation sites is 4. The van der Waals surface area contributed by atoms with Gasteiger partial charge in [0.2, 0.25) is 5.78 Å². The molecule has 0 aliphatic heterocycles. The quantitative estimate of drug-likeness (QED) is 0.190. The van der Waals surface area contributed by atoms with Crippen molar-refractivity contribution in [2.24, 2.45) is 0 Å². The lowest BCUT2D eigenvalue weighted by Crippen LogP contribution is -2.12. The van der Waals surface area contributed by atoms with Crippen molar-refractivity contribution < 1.29 is 4.74 Å². The molecule has 9 rings (SSSR count). The smallest absolute Gasteiger partial charge is 0.220 e. The zero-order valence-corrected chi connectivity index (χ0v) is 29.3. The largest absolute Gasteiger partial charge is 0.457 e. The van der Waals surface area contributed by atoms with Crippen LogP contribution >= 0.6 is 0 Å². The summed E-state index contributed by atoms with van der Waals surface area (Å²) < 4.78 is 13.4.